The number of anilines is 2. The molecule has 0 saturated carbocycles. The summed E-state index contributed by atoms with van der Waals surface area (Å²) in [7, 11) is 0. The quantitative estimate of drug-likeness (QED) is 0.516. The van der Waals surface area contributed by atoms with Crippen molar-refractivity contribution in [2.75, 3.05) is 24.1 Å². The lowest BCUT2D eigenvalue weighted by Crippen LogP contribution is -2.44. The number of piperidine rings is 1. The van der Waals surface area contributed by atoms with Gasteiger partial charge >= 0.3 is 0 Å². The molecular weight excluding hydrogens is 383 g/mol. The second-order valence-electron chi connectivity index (χ2n) is 6.79. The van der Waals surface area contributed by atoms with Crippen LogP contribution in [0.15, 0.2) is 42.0 Å². The number of nitrogen functional groups attached to an aromatic ring is 1. The van der Waals surface area contributed by atoms with Gasteiger partial charge in [-0.3, -0.25) is 4.79 Å². The first-order valence-electron chi connectivity index (χ1n) is 9.00. The first-order valence-corrected chi connectivity index (χ1v) is 9.38. The van der Waals surface area contributed by atoms with Crippen molar-refractivity contribution in [3.63, 3.8) is 0 Å². The Morgan fingerprint density at radius 1 is 1.50 bits per heavy atom. The van der Waals surface area contributed by atoms with Crippen LogP contribution in [0.3, 0.4) is 0 Å². The summed E-state index contributed by atoms with van der Waals surface area (Å²) in [4.78, 5) is 21.9. The summed E-state index contributed by atoms with van der Waals surface area (Å²) < 4.78 is 13.5. The van der Waals surface area contributed by atoms with Gasteiger partial charge in [-0.05, 0) is 31.4 Å². The van der Waals surface area contributed by atoms with E-state index in [-0.39, 0.29) is 34.9 Å². The third kappa shape index (κ3) is 4.22. The first-order chi connectivity index (χ1) is 13.4. The standard InChI is InChI=1S/C19H22ClFN6O/c1-2-15(28)27-7-3-4-12(9-27)26-19-16(18(23)24-10-25-19)17(22)11-5-6-14(21)13(20)8-11/h2,5-6,10-12,22H,1,3-4,7-9H2,(H3,23,24,25,26)/t11?,12-/m1/s1. The smallest absolute Gasteiger partial charge is 0.246 e. The molecule has 28 heavy (non-hydrogen) atoms. The second kappa shape index (κ2) is 8.52. The Labute approximate surface area is 167 Å². The number of aromatic nitrogens is 2. The molecule has 0 spiro atoms. The van der Waals surface area contributed by atoms with Crippen LogP contribution in [-0.4, -0.2) is 45.6 Å². The van der Waals surface area contributed by atoms with Crippen LogP contribution in [0.1, 0.15) is 24.8 Å². The monoisotopic (exact) mass is 404 g/mol. The van der Waals surface area contributed by atoms with Gasteiger partial charge in [0.05, 0.1) is 16.3 Å². The molecule has 3 rings (SSSR count). The SMILES string of the molecule is C=CC(=O)N1CCC[C@@H](Nc2ncnc(N)c2C(=N)C2C=CC(F)=C(Cl)C2)C1. The van der Waals surface area contributed by atoms with Gasteiger partial charge in [0, 0.05) is 25.0 Å². The van der Waals surface area contributed by atoms with E-state index < -0.39 is 11.7 Å². The minimum atomic E-state index is -0.490. The van der Waals surface area contributed by atoms with Gasteiger partial charge in [0.1, 0.15) is 23.8 Å². The third-order valence-electron chi connectivity index (χ3n) is 4.90. The van der Waals surface area contributed by atoms with E-state index in [9.17, 15) is 9.18 Å². The highest BCUT2D eigenvalue weighted by Crippen LogP contribution is 2.32. The number of hydrogen-bond donors (Lipinski definition) is 3. The molecule has 1 unspecified atom stereocenters. The van der Waals surface area contributed by atoms with E-state index in [1.54, 1.807) is 11.0 Å². The van der Waals surface area contributed by atoms with E-state index in [0.29, 0.717) is 24.5 Å². The van der Waals surface area contributed by atoms with E-state index in [4.69, 9.17) is 22.7 Å². The number of carbonyl (C=O) groups is 1. The molecule has 0 bridgehead atoms. The number of nitrogens with one attached hydrogen (secondary N) is 2. The van der Waals surface area contributed by atoms with Gasteiger partial charge in [0.25, 0.3) is 0 Å². The molecule has 2 atom stereocenters. The van der Waals surface area contributed by atoms with Gasteiger partial charge in [-0.1, -0.05) is 24.3 Å². The number of likely N-dealkylation sites (tertiary alicyclic amines) is 1. The lowest BCUT2D eigenvalue weighted by molar-refractivity contribution is -0.127. The minimum Gasteiger partial charge on any atom is -0.383 e. The maximum atomic E-state index is 13.5. The molecule has 0 aromatic carbocycles. The van der Waals surface area contributed by atoms with Crippen molar-refractivity contribution >= 4 is 34.9 Å². The van der Waals surface area contributed by atoms with Crippen LogP contribution in [-0.2, 0) is 4.79 Å². The summed E-state index contributed by atoms with van der Waals surface area (Å²) in [5.41, 5.74) is 6.58. The molecule has 2 aliphatic rings. The largest absolute Gasteiger partial charge is 0.383 e. The topological polar surface area (TPSA) is 108 Å². The summed E-state index contributed by atoms with van der Waals surface area (Å²) in [6.07, 6.45) is 7.35. The van der Waals surface area contributed by atoms with Gasteiger partial charge in [0.2, 0.25) is 5.91 Å². The normalized spacial score (nSPS) is 22.1. The maximum absolute atomic E-state index is 13.5. The Morgan fingerprint density at radius 2 is 2.29 bits per heavy atom. The number of rotatable bonds is 5. The van der Waals surface area contributed by atoms with Gasteiger partial charge in [-0.25, -0.2) is 14.4 Å². The molecule has 9 heteroatoms. The molecule has 7 nitrogen and oxygen atoms in total. The van der Waals surface area contributed by atoms with Crippen molar-refractivity contribution in [1.82, 2.24) is 14.9 Å². The number of carbonyl (C=O) groups excluding carboxylic acids is 1. The molecule has 4 N–H and O–H groups in total. The lowest BCUT2D eigenvalue weighted by atomic mass is 9.90. The summed E-state index contributed by atoms with van der Waals surface area (Å²) in [5, 5.41) is 12.0. The van der Waals surface area contributed by atoms with E-state index in [1.165, 1.54) is 18.5 Å². The molecule has 1 amide bonds. The summed E-state index contributed by atoms with van der Waals surface area (Å²) in [6, 6.07) is -0.0404. The predicted octanol–water partition coefficient (Wildman–Crippen LogP) is 3.01. The van der Waals surface area contributed by atoms with Crippen LogP contribution in [0.25, 0.3) is 0 Å². The lowest BCUT2D eigenvalue weighted by Gasteiger charge is -2.33. The van der Waals surface area contributed by atoms with Gasteiger partial charge < -0.3 is 21.4 Å². The Hall–Kier alpha value is -2.74. The highest BCUT2D eigenvalue weighted by molar-refractivity contribution is 6.30. The molecular formula is C19H22ClFN6O. The highest BCUT2D eigenvalue weighted by atomic mass is 35.5. The number of halogens is 2. The van der Waals surface area contributed by atoms with Crippen molar-refractivity contribution in [2.45, 2.75) is 25.3 Å². The molecule has 1 aliphatic heterocycles. The molecule has 1 aromatic heterocycles. The number of nitrogens with zero attached hydrogens (tertiary/aromatic N) is 3. The summed E-state index contributed by atoms with van der Waals surface area (Å²) >= 11 is 5.92. The molecule has 1 aliphatic carbocycles. The average molecular weight is 405 g/mol. The van der Waals surface area contributed by atoms with Crippen LogP contribution in [0.4, 0.5) is 16.0 Å². The molecule has 1 aromatic rings. The van der Waals surface area contributed by atoms with Crippen LogP contribution in [0.2, 0.25) is 0 Å². The Morgan fingerprint density at radius 3 is 3.00 bits per heavy atom. The van der Waals surface area contributed by atoms with Crippen molar-refractivity contribution < 1.29 is 9.18 Å². The molecule has 0 radical (unpaired) electrons. The average Bonchev–Trinajstić information content (AvgIpc) is 2.69. The summed E-state index contributed by atoms with van der Waals surface area (Å²) in [5.74, 6) is -0.439. The second-order valence-corrected chi connectivity index (χ2v) is 7.25. The first kappa shape index (κ1) is 20.0. The minimum absolute atomic E-state index is 0.0404. The maximum Gasteiger partial charge on any atom is 0.246 e. The Balaban J connectivity index is 1.81. The zero-order chi connectivity index (χ0) is 20.3. The van der Waals surface area contributed by atoms with E-state index in [0.717, 1.165) is 12.8 Å². The van der Waals surface area contributed by atoms with Crippen molar-refractivity contribution in [3.8, 4) is 0 Å². The van der Waals surface area contributed by atoms with E-state index in [1.807, 2.05) is 0 Å². The van der Waals surface area contributed by atoms with Crippen molar-refractivity contribution in [2.24, 2.45) is 5.92 Å². The van der Waals surface area contributed by atoms with E-state index in [2.05, 4.69) is 21.9 Å². The highest BCUT2D eigenvalue weighted by Gasteiger charge is 2.27. The van der Waals surface area contributed by atoms with Crippen molar-refractivity contribution in [3.05, 3.63) is 47.6 Å². The number of allylic oxidation sites excluding steroid dienone is 4. The fourth-order valence-corrected chi connectivity index (χ4v) is 3.65. The molecule has 1 fully saturated rings. The number of hydrogen-bond acceptors (Lipinski definition) is 6. The van der Waals surface area contributed by atoms with Gasteiger partial charge in [0.15, 0.2) is 0 Å². The van der Waals surface area contributed by atoms with Crippen LogP contribution in [0.5, 0.6) is 0 Å². The molecule has 2 heterocycles. The van der Waals surface area contributed by atoms with Crippen LogP contribution < -0.4 is 11.1 Å². The van der Waals surface area contributed by atoms with Crippen LogP contribution >= 0.6 is 11.6 Å². The third-order valence-corrected chi connectivity index (χ3v) is 5.23. The Kier molecular flexibility index (Phi) is 6.08. The van der Waals surface area contributed by atoms with Crippen LogP contribution in [0, 0.1) is 11.3 Å². The van der Waals surface area contributed by atoms with Crippen molar-refractivity contribution in [1.29, 1.82) is 5.41 Å². The van der Waals surface area contributed by atoms with Gasteiger partial charge in [-0.2, -0.15) is 0 Å². The number of nitrogens with two attached hydrogens (primary N) is 1. The van der Waals surface area contributed by atoms with E-state index >= 15 is 0 Å². The number of amides is 1. The fourth-order valence-electron chi connectivity index (χ4n) is 3.43. The zero-order valence-electron chi connectivity index (χ0n) is 15.3. The van der Waals surface area contributed by atoms with Gasteiger partial charge in [-0.15, -0.1) is 0 Å². The summed E-state index contributed by atoms with van der Waals surface area (Å²) in [6.45, 7) is 4.72. The fraction of sp³-hybridized carbons (Fsp3) is 0.368. The Bertz CT molecular complexity index is 868. The predicted molar refractivity (Wildman–Crippen MR) is 108 cm³/mol. The molecule has 1 saturated heterocycles. The molecule has 148 valence electrons. The zero-order valence-corrected chi connectivity index (χ0v) is 16.0.